The number of ether oxygens (including phenoxy) is 1. The molecule has 0 unspecified atom stereocenters. The molecule has 10 heteroatoms. The maximum Gasteiger partial charge on any atom is 0.326 e. The van der Waals surface area contributed by atoms with E-state index in [1.165, 1.54) is 22.8 Å². The summed E-state index contributed by atoms with van der Waals surface area (Å²) in [6.07, 6.45) is 4.18. The molecule has 1 aromatic heterocycles. The summed E-state index contributed by atoms with van der Waals surface area (Å²) < 4.78 is 32.7. The van der Waals surface area contributed by atoms with Gasteiger partial charge in [0.2, 0.25) is 15.9 Å². The molecule has 0 bridgehead atoms. The third-order valence-corrected chi connectivity index (χ3v) is 8.45. The first-order valence-corrected chi connectivity index (χ1v) is 13.9. The van der Waals surface area contributed by atoms with Crippen LogP contribution in [-0.2, 0) is 32.6 Å². The summed E-state index contributed by atoms with van der Waals surface area (Å²) in [6, 6.07) is 19.0. The average Bonchev–Trinajstić information content (AvgIpc) is 2.93. The zero-order chi connectivity index (χ0) is 27.0. The van der Waals surface area contributed by atoms with E-state index in [1.807, 2.05) is 30.3 Å². The lowest BCUT2D eigenvalue weighted by molar-refractivity contribution is -0.142. The molecule has 2 aromatic carbocycles. The largest absolute Gasteiger partial charge is 0.489 e. The van der Waals surface area contributed by atoms with Gasteiger partial charge in [0, 0.05) is 38.3 Å². The third-order valence-electron chi connectivity index (χ3n) is 6.56. The second-order valence-electron chi connectivity index (χ2n) is 9.32. The monoisotopic (exact) mass is 537 g/mol. The first-order valence-electron chi connectivity index (χ1n) is 12.5. The molecule has 1 aliphatic rings. The standard InChI is InChI=1S/C28H31N3O6S/c32-27(18-22-12-15-31(16-13-22)38(35,36)25-7-4-14-29-19-25)30-26(28(33)34)17-21-8-10-24(11-9-21)37-20-23-5-2-1-3-6-23/h1-11,14,19,22,26H,12-13,15-18,20H2,(H,30,32)(H,33,34)/t26-/m0/s1. The van der Waals surface area contributed by atoms with Crippen molar-refractivity contribution in [3.8, 4) is 5.75 Å². The summed E-state index contributed by atoms with van der Waals surface area (Å²) in [5, 5.41) is 12.3. The van der Waals surface area contributed by atoms with Crippen LogP contribution < -0.4 is 10.1 Å². The minimum Gasteiger partial charge on any atom is -0.489 e. The Hall–Kier alpha value is -3.76. The number of hydrogen-bond donors (Lipinski definition) is 2. The minimum atomic E-state index is -3.62. The van der Waals surface area contributed by atoms with E-state index in [-0.39, 0.29) is 29.6 Å². The van der Waals surface area contributed by atoms with Crippen molar-refractivity contribution < 1.29 is 27.9 Å². The van der Waals surface area contributed by atoms with Crippen LogP contribution in [0.2, 0.25) is 0 Å². The summed E-state index contributed by atoms with van der Waals surface area (Å²) in [7, 11) is -3.62. The van der Waals surface area contributed by atoms with Gasteiger partial charge < -0.3 is 15.2 Å². The molecule has 0 spiro atoms. The van der Waals surface area contributed by atoms with Crippen LogP contribution in [0.3, 0.4) is 0 Å². The lowest BCUT2D eigenvalue weighted by Gasteiger charge is -2.31. The van der Waals surface area contributed by atoms with Crippen LogP contribution in [0.4, 0.5) is 0 Å². The second kappa shape index (κ2) is 12.7. The quantitative estimate of drug-likeness (QED) is 0.385. The van der Waals surface area contributed by atoms with Gasteiger partial charge in [0.1, 0.15) is 23.3 Å². The van der Waals surface area contributed by atoms with E-state index in [9.17, 15) is 23.1 Å². The zero-order valence-corrected chi connectivity index (χ0v) is 21.7. The summed E-state index contributed by atoms with van der Waals surface area (Å²) in [5.41, 5.74) is 1.81. The fraction of sp³-hybridized carbons (Fsp3) is 0.321. The number of nitrogens with zero attached hydrogens (tertiary/aromatic N) is 2. The number of amides is 1. The molecule has 3 aromatic rings. The fourth-order valence-corrected chi connectivity index (χ4v) is 5.85. The number of rotatable bonds is 11. The highest BCUT2D eigenvalue weighted by molar-refractivity contribution is 7.89. The normalized spacial score (nSPS) is 15.5. The molecular formula is C28H31N3O6S. The molecule has 200 valence electrons. The predicted molar refractivity (Wildman–Crippen MR) is 141 cm³/mol. The number of sulfonamides is 1. The lowest BCUT2D eigenvalue weighted by atomic mass is 9.94. The molecule has 1 atom stereocenters. The van der Waals surface area contributed by atoms with Gasteiger partial charge in [0.25, 0.3) is 0 Å². The van der Waals surface area contributed by atoms with Crippen LogP contribution in [0.25, 0.3) is 0 Å². The van der Waals surface area contributed by atoms with E-state index >= 15 is 0 Å². The van der Waals surface area contributed by atoms with E-state index in [0.29, 0.717) is 38.3 Å². The van der Waals surface area contributed by atoms with Gasteiger partial charge in [-0.2, -0.15) is 4.31 Å². The van der Waals surface area contributed by atoms with Gasteiger partial charge in [-0.15, -0.1) is 0 Å². The van der Waals surface area contributed by atoms with Crippen molar-refractivity contribution >= 4 is 21.9 Å². The first-order chi connectivity index (χ1) is 18.3. The van der Waals surface area contributed by atoms with Crippen molar-refractivity contribution in [3.05, 3.63) is 90.3 Å². The summed E-state index contributed by atoms with van der Waals surface area (Å²) in [5.74, 6) is -0.815. The molecule has 1 fully saturated rings. The second-order valence-corrected chi connectivity index (χ2v) is 11.3. The Bertz CT molecular complexity index is 1310. The molecule has 1 amide bonds. The molecule has 2 heterocycles. The Morgan fingerprint density at radius 2 is 1.71 bits per heavy atom. The first kappa shape index (κ1) is 27.3. The number of pyridine rings is 1. The van der Waals surface area contributed by atoms with Crippen molar-refractivity contribution in [2.75, 3.05) is 13.1 Å². The average molecular weight is 538 g/mol. The highest BCUT2D eigenvalue weighted by atomic mass is 32.2. The number of aliphatic carboxylic acids is 1. The van der Waals surface area contributed by atoms with E-state index in [0.717, 1.165) is 11.1 Å². The number of hydrogen-bond acceptors (Lipinski definition) is 6. The Balaban J connectivity index is 1.25. The topological polar surface area (TPSA) is 126 Å². The van der Waals surface area contributed by atoms with Gasteiger partial charge in [0.15, 0.2) is 0 Å². The molecule has 4 rings (SSSR count). The SMILES string of the molecule is O=C(CC1CCN(S(=O)(=O)c2cccnc2)CC1)N[C@@H](Cc1ccc(OCc2ccccc2)cc1)C(=O)O. The van der Waals surface area contributed by atoms with Crippen LogP contribution in [0.15, 0.2) is 84.0 Å². The third kappa shape index (κ3) is 7.39. The summed E-state index contributed by atoms with van der Waals surface area (Å²) in [4.78, 5) is 28.5. The molecule has 0 saturated carbocycles. The number of nitrogens with one attached hydrogen (secondary N) is 1. The van der Waals surface area contributed by atoms with Gasteiger partial charge >= 0.3 is 5.97 Å². The highest BCUT2D eigenvalue weighted by Crippen LogP contribution is 2.25. The number of carboxylic acid groups (broad SMARTS) is 1. The van der Waals surface area contributed by atoms with Gasteiger partial charge in [-0.25, -0.2) is 13.2 Å². The molecule has 0 radical (unpaired) electrons. The van der Waals surface area contributed by atoms with E-state index < -0.39 is 22.0 Å². The number of piperidine rings is 1. The van der Waals surface area contributed by atoms with Crippen LogP contribution in [0.1, 0.15) is 30.4 Å². The van der Waals surface area contributed by atoms with E-state index in [4.69, 9.17) is 4.74 Å². The molecule has 2 N–H and O–H groups in total. The molecule has 1 saturated heterocycles. The number of carbonyl (C=O) groups is 2. The summed E-state index contributed by atoms with van der Waals surface area (Å²) >= 11 is 0. The van der Waals surface area contributed by atoms with Crippen LogP contribution in [0, 0.1) is 5.92 Å². The molecular weight excluding hydrogens is 506 g/mol. The number of carbonyl (C=O) groups excluding carboxylic acids is 1. The number of aromatic nitrogens is 1. The van der Waals surface area contributed by atoms with Crippen molar-refractivity contribution in [3.63, 3.8) is 0 Å². The van der Waals surface area contributed by atoms with Crippen LogP contribution in [0.5, 0.6) is 5.75 Å². The molecule has 9 nitrogen and oxygen atoms in total. The summed E-state index contributed by atoms with van der Waals surface area (Å²) in [6.45, 7) is 1.04. The van der Waals surface area contributed by atoms with E-state index in [1.54, 1.807) is 30.3 Å². The maximum absolute atomic E-state index is 12.8. The Kier molecular flexibility index (Phi) is 9.09. The fourth-order valence-electron chi connectivity index (χ4n) is 4.42. The zero-order valence-electron chi connectivity index (χ0n) is 20.9. The molecule has 38 heavy (non-hydrogen) atoms. The Labute approximate surface area is 222 Å². The minimum absolute atomic E-state index is 0.0224. The van der Waals surface area contributed by atoms with E-state index in [2.05, 4.69) is 10.3 Å². The van der Waals surface area contributed by atoms with Crippen molar-refractivity contribution in [1.82, 2.24) is 14.6 Å². The van der Waals surface area contributed by atoms with Crippen LogP contribution in [-0.4, -0.2) is 53.8 Å². The molecule has 0 aliphatic carbocycles. The van der Waals surface area contributed by atoms with Crippen molar-refractivity contribution in [2.24, 2.45) is 5.92 Å². The Morgan fingerprint density at radius 1 is 1.00 bits per heavy atom. The lowest BCUT2D eigenvalue weighted by Crippen LogP contribution is -2.44. The maximum atomic E-state index is 12.8. The highest BCUT2D eigenvalue weighted by Gasteiger charge is 2.31. The van der Waals surface area contributed by atoms with Crippen molar-refractivity contribution in [2.45, 2.75) is 43.2 Å². The number of carboxylic acids is 1. The smallest absolute Gasteiger partial charge is 0.326 e. The van der Waals surface area contributed by atoms with Crippen LogP contribution >= 0.6 is 0 Å². The van der Waals surface area contributed by atoms with Gasteiger partial charge in [0.05, 0.1) is 0 Å². The van der Waals surface area contributed by atoms with Gasteiger partial charge in [-0.05, 0) is 54.2 Å². The Morgan fingerprint density at radius 3 is 2.34 bits per heavy atom. The van der Waals surface area contributed by atoms with Gasteiger partial charge in [-0.1, -0.05) is 42.5 Å². The van der Waals surface area contributed by atoms with Gasteiger partial charge in [-0.3, -0.25) is 9.78 Å². The molecule has 1 aliphatic heterocycles. The number of benzene rings is 2. The predicted octanol–water partition coefficient (Wildman–Crippen LogP) is 3.26. The van der Waals surface area contributed by atoms with Crippen molar-refractivity contribution in [1.29, 1.82) is 0 Å².